The summed E-state index contributed by atoms with van der Waals surface area (Å²) in [5.41, 5.74) is 2.13. The lowest BCUT2D eigenvalue weighted by Crippen LogP contribution is -2.15. The van der Waals surface area contributed by atoms with Gasteiger partial charge in [-0.25, -0.2) is 4.79 Å². The summed E-state index contributed by atoms with van der Waals surface area (Å²) in [6.07, 6.45) is 4.86. The van der Waals surface area contributed by atoms with E-state index in [-0.39, 0.29) is 11.9 Å². The molecule has 5 heteroatoms. The van der Waals surface area contributed by atoms with E-state index < -0.39 is 0 Å². The third-order valence-electron chi connectivity index (χ3n) is 3.04. The van der Waals surface area contributed by atoms with Gasteiger partial charge in [0.15, 0.2) is 0 Å². The maximum atomic E-state index is 12.1. The molecule has 1 amide bonds. The predicted octanol–water partition coefficient (Wildman–Crippen LogP) is 2.85. The largest absolute Gasteiger partial charge is 0.463 e. The fraction of sp³-hybridized carbons (Fsp3) is 0.176. The van der Waals surface area contributed by atoms with Crippen LogP contribution in [0.4, 0.5) is 5.69 Å². The van der Waals surface area contributed by atoms with Crippen LogP contribution in [-0.4, -0.2) is 23.1 Å². The highest BCUT2D eigenvalue weighted by atomic mass is 16.5. The Bertz CT molecular complexity index is 684. The first-order valence-corrected chi connectivity index (χ1v) is 6.97. The minimum absolute atomic E-state index is 0.165. The molecule has 5 nitrogen and oxygen atoms in total. The van der Waals surface area contributed by atoms with Gasteiger partial charge in [-0.05, 0) is 42.8 Å². The highest BCUT2D eigenvalue weighted by Gasteiger charge is 2.08. The van der Waals surface area contributed by atoms with Gasteiger partial charge in [0.2, 0.25) is 0 Å². The SMILES string of the molecule is CCOC(=O)/C=C/c1ccc(NC(=O)c2cccn2C)cc1. The van der Waals surface area contributed by atoms with Gasteiger partial charge in [-0.2, -0.15) is 0 Å². The molecule has 0 spiro atoms. The molecule has 0 saturated heterocycles. The molecule has 114 valence electrons. The van der Waals surface area contributed by atoms with Crippen molar-refractivity contribution in [3.05, 3.63) is 59.9 Å². The lowest BCUT2D eigenvalue weighted by molar-refractivity contribution is -0.137. The van der Waals surface area contributed by atoms with E-state index >= 15 is 0 Å². The summed E-state index contributed by atoms with van der Waals surface area (Å²) in [7, 11) is 1.82. The smallest absolute Gasteiger partial charge is 0.330 e. The van der Waals surface area contributed by atoms with Gasteiger partial charge in [0, 0.05) is 25.0 Å². The quantitative estimate of drug-likeness (QED) is 0.682. The molecule has 0 bridgehead atoms. The summed E-state index contributed by atoms with van der Waals surface area (Å²) in [6, 6.07) is 10.8. The summed E-state index contributed by atoms with van der Waals surface area (Å²) >= 11 is 0. The molecule has 2 rings (SSSR count). The number of aromatic nitrogens is 1. The Kier molecular flexibility index (Phi) is 5.14. The first kappa shape index (κ1) is 15.6. The van der Waals surface area contributed by atoms with E-state index in [0.717, 1.165) is 5.56 Å². The number of esters is 1. The van der Waals surface area contributed by atoms with Crippen LogP contribution in [0.25, 0.3) is 6.08 Å². The normalized spacial score (nSPS) is 10.6. The molecule has 22 heavy (non-hydrogen) atoms. The molecule has 0 unspecified atom stereocenters. The number of carbonyl (C=O) groups excluding carboxylic acids is 2. The van der Waals surface area contributed by atoms with Crippen molar-refractivity contribution in [2.45, 2.75) is 6.92 Å². The van der Waals surface area contributed by atoms with Crippen LogP contribution in [0.5, 0.6) is 0 Å². The van der Waals surface area contributed by atoms with Gasteiger partial charge in [-0.15, -0.1) is 0 Å². The molecule has 2 aromatic rings. The number of carbonyl (C=O) groups is 2. The number of nitrogens with zero attached hydrogens (tertiary/aromatic N) is 1. The Labute approximate surface area is 129 Å². The number of hydrogen-bond donors (Lipinski definition) is 1. The molecule has 0 fully saturated rings. The monoisotopic (exact) mass is 298 g/mol. The maximum Gasteiger partial charge on any atom is 0.330 e. The zero-order valence-corrected chi connectivity index (χ0v) is 12.6. The zero-order valence-electron chi connectivity index (χ0n) is 12.6. The lowest BCUT2D eigenvalue weighted by atomic mass is 10.2. The molecule has 0 aliphatic rings. The van der Waals surface area contributed by atoms with Crippen molar-refractivity contribution in [2.75, 3.05) is 11.9 Å². The average Bonchev–Trinajstić information content (AvgIpc) is 2.93. The minimum Gasteiger partial charge on any atom is -0.463 e. The Hall–Kier alpha value is -2.82. The third-order valence-corrected chi connectivity index (χ3v) is 3.04. The van der Waals surface area contributed by atoms with Gasteiger partial charge >= 0.3 is 5.97 Å². The summed E-state index contributed by atoms with van der Waals surface area (Å²) in [5.74, 6) is -0.536. The van der Waals surface area contributed by atoms with Gasteiger partial charge in [0.05, 0.1) is 6.61 Å². The molecule has 1 aromatic carbocycles. The van der Waals surface area contributed by atoms with Crippen molar-refractivity contribution in [1.29, 1.82) is 0 Å². The second kappa shape index (κ2) is 7.26. The number of ether oxygens (including phenoxy) is 1. The topological polar surface area (TPSA) is 60.3 Å². The third kappa shape index (κ3) is 4.09. The van der Waals surface area contributed by atoms with Gasteiger partial charge in [-0.1, -0.05) is 12.1 Å². The molecule has 0 radical (unpaired) electrons. The number of nitrogens with one attached hydrogen (secondary N) is 1. The Morgan fingerprint density at radius 2 is 1.95 bits per heavy atom. The standard InChI is InChI=1S/C17H18N2O3/c1-3-22-16(20)11-8-13-6-9-14(10-7-13)18-17(21)15-5-4-12-19(15)2/h4-12H,3H2,1-2H3,(H,18,21)/b11-8+. The van der Waals surface area contributed by atoms with E-state index in [1.165, 1.54) is 6.08 Å². The minimum atomic E-state index is -0.372. The lowest BCUT2D eigenvalue weighted by Gasteiger charge is -2.06. The second-order valence-electron chi connectivity index (χ2n) is 4.67. The van der Waals surface area contributed by atoms with E-state index in [0.29, 0.717) is 18.0 Å². The number of rotatable bonds is 5. The van der Waals surface area contributed by atoms with Crippen LogP contribution < -0.4 is 5.32 Å². The number of benzene rings is 1. The van der Waals surface area contributed by atoms with Crippen LogP contribution in [0.3, 0.4) is 0 Å². The molecular weight excluding hydrogens is 280 g/mol. The summed E-state index contributed by atoms with van der Waals surface area (Å²) in [6.45, 7) is 2.11. The van der Waals surface area contributed by atoms with E-state index in [1.807, 2.05) is 31.4 Å². The Morgan fingerprint density at radius 3 is 2.55 bits per heavy atom. The van der Waals surface area contributed by atoms with E-state index in [4.69, 9.17) is 4.74 Å². The predicted molar refractivity (Wildman–Crippen MR) is 85.5 cm³/mol. The summed E-state index contributed by atoms with van der Waals surface area (Å²) in [4.78, 5) is 23.3. The van der Waals surface area contributed by atoms with Gasteiger partial charge < -0.3 is 14.6 Å². The van der Waals surface area contributed by atoms with Crippen LogP contribution in [0.2, 0.25) is 0 Å². The Balaban J connectivity index is 1.99. The number of hydrogen-bond acceptors (Lipinski definition) is 3. The van der Waals surface area contributed by atoms with Crippen LogP contribution in [0, 0.1) is 0 Å². The van der Waals surface area contributed by atoms with Crippen molar-refractivity contribution < 1.29 is 14.3 Å². The van der Waals surface area contributed by atoms with Crippen molar-refractivity contribution in [3.63, 3.8) is 0 Å². The fourth-order valence-electron chi connectivity index (χ4n) is 1.92. The molecule has 1 N–H and O–H groups in total. The average molecular weight is 298 g/mol. The number of amides is 1. The fourth-order valence-corrected chi connectivity index (χ4v) is 1.92. The van der Waals surface area contributed by atoms with Crippen LogP contribution in [0.15, 0.2) is 48.7 Å². The molecule has 0 aliphatic heterocycles. The molecule has 1 heterocycles. The van der Waals surface area contributed by atoms with E-state index in [1.54, 1.807) is 35.8 Å². The molecule has 0 atom stereocenters. The summed E-state index contributed by atoms with van der Waals surface area (Å²) < 4.78 is 6.56. The van der Waals surface area contributed by atoms with E-state index in [9.17, 15) is 9.59 Å². The molecular formula is C17H18N2O3. The van der Waals surface area contributed by atoms with Gasteiger partial charge in [-0.3, -0.25) is 4.79 Å². The second-order valence-corrected chi connectivity index (χ2v) is 4.67. The van der Waals surface area contributed by atoms with Crippen molar-refractivity contribution in [2.24, 2.45) is 7.05 Å². The number of aryl methyl sites for hydroxylation is 1. The number of anilines is 1. The maximum absolute atomic E-state index is 12.1. The first-order valence-electron chi connectivity index (χ1n) is 6.97. The highest BCUT2D eigenvalue weighted by Crippen LogP contribution is 2.12. The van der Waals surface area contributed by atoms with Crippen LogP contribution >= 0.6 is 0 Å². The van der Waals surface area contributed by atoms with E-state index in [2.05, 4.69) is 5.32 Å². The first-order chi connectivity index (χ1) is 10.6. The molecule has 0 saturated carbocycles. The summed E-state index contributed by atoms with van der Waals surface area (Å²) in [5, 5.41) is 2.82. The van der Waals surface area contributed by atoms with Crippen LogP contribution in [0.1, 0.15) is 23.0 Å². The zero-order chi connectivity index (χ0) is 15.9. The molecule has 0 aliphatic carbocycles. The van der Waals surface area contributed by atoms with Crippen LogP contribution in [-0.2, 0) is 16.6 Å². The van der Waals surface area contributed by atoms with Gasteiger partial charge in [0.25, 0.3) is 5.91 Å². The van der Waals surface area contributed by atoms with Crippen molar-refractivity contribution >= 4 is 23.6 Å². The van der Waals surface area contributed by atoms with Gasteiger partial charge in [0.1, 0.15) is 5.69 Å². The highest BCUT2D eigenvalue weighted by molar-refractivity contribution is 6.03. The van der Waals surface area contributed by atoms with Crippen molar-refractivity contribution in [3.8, 4) is 0 Å². The Morgan fingerprint density at radius 1 is 1.23 bits per heavy atom. The molecule has 1 aromatic heterocycles. The van der Waals surface area contributed by atoms with Crippen molar-refractivity contribution in [1.82, 2.24) is 4.57 Å².